The van der Waals surface area contributed by atoms with Crippen molar-refractivity contribution in [2.75, 3.05) is 5.75 Å². The number of benzene rings is 1. The summed E-state index contributed by atoms with van der Waals surface area (Å²) in [6, 6.07) is 10.2. The molecule has 26 heavy (non-hydrogen) atoms. The predicted molar refractivity (Wildman–Crippen MR) is 98.7 cm³/mol. The summed E-state index contributed by atoms with van der Waals surface area (Å²) >= 11 is 1.76. The van der Waals surface area contributed by atoms with Gasteiger partial charge in [-0.2, -0.15) is 0 Å². The van der Waals surface area contributed by atoms with Crippen molar-refractivity contribution in [2.24, 2.45) is 5.92 Å². The second kappa shape index (κ2) is 7.71. The van der Waals surface area contributed by atoms with E-state index in [0.717, 1.165) is 18.6 Å². The van der Waals surface area contributed by atoms with E-state index in [2.05, 4.69) is 19.1 Å². The molecular weight excluding hydrogens is 352 g/mol. The topological polar surface area (TPSA) is 61.8 Å². The highest BCUT2D eigenvalue weighted by molar-refractivity contribution is 7.99. The van der Waals surface area contributed by atoms with Crippen LogP contribution in [0.3, 0.4) is 0 Å². The highest BCUT2D eigenvalue weighted by Crippen LogP contribution is 2.48. The van der Waals surface area contributed by atoms with Crippen LogP contribution in [0.25, 0.3) is 0 Å². The first kappa shape index (κ1) is 19.4. The molecule has 3 rings (SSSR count). The van der Waals surface area contributed by atoms with Crippen molar-refractivity contribution in [2.45, 2.75) is 68.7 Å². The number of carbonyl (C=O) groups is 2. The third kappa shape index (κ3) is 4.30. The van der Waals surface area contributed by atoms with Gasteiger partial charge in [0, 0.05) is 10.6 Å². The van der Waals surface area contributed by atoms with Gasteiger partial charge < -0.3 is 4.74 Å². The van der Waals surface area contributed by atoms with Gasteiger partial charge in [0.05, 0.1) is 0 Å². The zero-order valence-corrected chi connectivity index (χ0v) is 16.3. The number of thioether (sulfide) groups is 1. The molecule has 5 nitrogen and oxygen atoms in total. The minimum absolute atomic E-state index is 0.196. The molecule has 0 N–H and O–H groups in total. The monoisotopic (exact) mass is 378 g/mol. The van der Waals surface area contributed by atoms with E-state index in [4.69, 9.17) is 14.5 Å². The van der Waals surface area contributed by atoms with Gasteiger partial charge >= 0.3 is 5.97 Å². The molecule has 2 bridgehead atoms. The molecule has 0 amide bonds. The molecule has 2 fully saturated rings. The van der Waals surface area contributed by atoms with E-state index in [9.17, 15) is 9.59 Å². The Hall–Kier alpha value is -1.37. The van der Waals surface area contributed by atoms with Gasteiger partial charge in [0.25, 0.3) is 0 Å². The molecule has 0 spiro atoms. The Morgan fingerprint density at radius 3 is 2.69 bits per heavy atom. The second-order valence-corrected chi connectivity index (χ2v) is 8.77. The number of hydrogen-bond donors (Lipinski definition) is 0. The molecule has 0 aromatic heterocycles. The Morgan fingerprint density at radius 2 is 2.00 bits per heavy atom. The van der Waals surface area contributed by atoms with Crippen LogP contribution in [0.4, 0.5) is 0 Å². The van der Waals surface area contributed by atoms with Crippen LogP contribution >= 0.6 is 11.8 Å². The minimum Gasteiger partial charge on any atom is -0.456 e. The quantitative estimate of drug-likeness (QED) is 0.323. The Balaban J connectivity index is 1.60. The lowest BCUT2D eigenvalue weighted by molar-refractivity contribution is -0.441. The average Bonchev–Trinajstić information content (AvgIpc) is 2.59. The predicted octanol–water partition coefficient (Wildman–Crippen LogP) is 3.95. The second-order valence-electron chi connectivity index (χ2n) is 7.72. The van der Waals surface area contributed by atoms with E-state index in [1.54, 1.807) is 11.8 Å². The molecule has 2 aliphatic rings. The molecule has 1 aromatic rings. The summed E-state index contributed by atoms with van der Waals surface area (Å²) in [4.78, 5) is 35.8. The Labute approximate surface area is 158 Å². The summed E-state index contributed by atoms with van der Waals surface area (Å²) in [7, 11) is 0. The first-order chi connectivity index (χ1) is 12.3. The summed E-state index contributed by atoms with van der Waals surface area (Å²) in [6.45, 7) is 5.35. The van der Waals surface area contributed by atoms with Crippen LogP contribution in [0.5, 0.6) is 0 Å². The number of carbonyl (C=O) groups excluding carboxylic acids is 2. The molecule has 142 valence electrons. The van der Waals surface area contributed by atoms with E-state index in [1.165, 1.54) is 11.8 Å². The van der Waals surface area contributed by atoms with Gasteiger partial charge in [0.1, 0.15) is 29.5 Å². The van der Waals surface area contributed by atoms with Crippen molar-refractivity contribution in [1.29, 1.82) is 0 Å². The van der Waals surface area contributed by atoms with Crippen molar-refractivity contribution in [1.82, 2.24) is 0 Å². The molecule has 1 saturated heterocycles. The highest BCUT2D eigenvalue weighted by atomic mass is 32.2. The fourth-order valence-corrected chi connectivity index (χ4v) is 4.77. The number of hydrogen-bond acceptors (Lipinski definition) is 6. The zero-order chi connectivity index (χ0) is 18.8. The summed E-state index contributed by atoms with van der Waals surface area (Å²) in [5.74, 6) is 0.459. The SMILES string of the molecule is CC(=O)CC(=O)OC1(C)CCC2C[C@H]1OO[C@@]2(C)CSc1ccccc1. The Morgan fingerprint density at radius 1 is 1.27 bits per heavy atom. The number of fused-ring (bicyclic) bond motifs is 2. The van der Waals surface area contributed by atoms with Gasteiger partial charge in [-0.25, -0.2) is 9.78 Å². The van der Waals surface area contributed by atoms with Crippen LogP contribution in [-0.4, -0.2) is 34.8 Å². The van der Waals surface area contributed by atoms with E-state index in [-0.39, 0.29) is 23.9 Å². The number of ether oxygens (including phenoxy) is 1. The molecule has 2 unspecified atom stereocenters. The van der Waals surface area contributed by atoms with E-state index in [1.807, 2.05) is 25.1 Å². The van der Waals surface area contributed by atoms with Gasteiger partial charge in [-0.15, -0.1) is 11.8 Å². The van der Waals surface area contributed by atoms with E-state index in [0.29, 0.717) is 12.3 Å². The van der Waals surface area contributed by atoms with Crippen molar-refractivity contribution in [3.63, 3.8) is 0 Å². The van der Waals surface area contributed by atoms with Crippen LogP contribution in [-0.2, 0) is 24.1 Å². The maximum atomic E-state index is 11.9. The smallest absolute Gasteiger partial charge is 0.313 e. The fraction of sp³-hybridized carbons (Fsp3) is 0.600. The van der Waals surface area contributed by atoms with Gasteiger partial charge in [-0.3, -0.25) is 9.59 Å². The van der Waals surface area contributed by atoms with Gasteiger partial charge in [-0.1, -0.05) is 18.2 Å². The third-order valence-electron chi connectivity index (χ3n) is 5.40. The number of ketones is 1. The van der Waals surface area contributed by atoms with Crippen molar-refractivity contribution in [3.8, 4) is 0 Å². The van der Waals surface area contributed by atoms with Gasteiger partial charge in [-0.05, 0) is 58.1 Å². The van der Waals surface area contributed by atoms with Crippen LogP contribution in [0.2, 0.25) is 0 Å². The maximum absolute atomic E-state index is 11.9. The fourth-order valence-electron chi connectivity index (χ4n) is 3.68. The molecular formula is C20H26O5S. The third-order valence-corrected chi connectivity index (χ3v) is 6.72. The lowest BCUT2D eigenvalue weighted by Gasteiger charge is -2.51. The van der Waals surface area contributed by atoms with Crippen LogP contribution in [0, 0.1) is 5.92 Å². The summed E-state index contributed by atoms with van der Waals surface area (Å²) in [6.07, 6.45) is 1.90. The largest absolute Gasteiger partial charge is 0.456 e. The lowest BCUT2D eigenvalue weighted by Crippen LogP contribution is -2.59. The summed E-state index contributed by atoms with van der Waals surface area (Å²) < 4.78 is 5.60. The number of esters is 1. The van der Waals surface area contributed by atoms with Crippen LogP contribution < -0.4 is 0 Å². The molecule has 4 atom stereocenters. The van der Waals surface area contributed by atoms with Crippen molar-refractivity contribution in [3.05, 3.63) is 30.3 Å². The molecule has 1 aliphatic carbocycles. The van der Waals surface area contributed by atoms with Crippen LogP contribution in [0.1, 0.15) is 46.5 Å². The molecule has 1 aromatic carbocycles. The highest BCUT2D eigenvalue weighted by Gasteiger charge is 2.54. The molecule has 6 heteroatoms. The summed E-state index contributed by atoms with van der Waals surface area (Å²) in [5.41, 5.74) is -1.11. The maximum Gasteiger partial charge on any atom is 0.313 e. The zero-order valence-electron chi connectivity index (χ0n) is 15.5. The molecule has 1 saturated carbocycles. The van der Waals surface area contributed by atoms with E-state index < -0.39 is 11.6 Å². The first-order valence-electron chi connectivity index (χ1n) is 9.04. The number of rotatable bonds is 6. The summed E-state index contributed by atoms with van der Waals surface area (Å²) in [5, 5.41) is 0. The average molecular weight is 378 g/mol. The molecule has 1 heterocycles. The van der Waals surface area contributed by atoms with Crippen molar-refractivity contribution >= 4 is 23.5 Å². The molecule has 0 radical (unpaired) electrons. The standard InChI is InChI=1S/C20H26O5S/c1-14(21)11-18(22)23-19(2)10-9-15-12-17(19)24-25-20(15,3)13-26-16-7-5-4-6-8-16/h4-8,15,17H,9-13H2,1-3H3/t15?,17-,19?,20+/m1/s1. The normalized spacial score (nSPS) is 33.5. The molecule has 1 aliphatic heterocycles. The van der Waals surface area contributed by atoms with Crippen molar-refractivity contribution < 1.29 is 24.1 Å². The van der Waals surface area contributed by atoms with Gasteiger partial charge in [0.15, 0.2) is 0 Å². The van der Waals surface area contributed by atoms with Gasteiger partial charge in [0.2, 0.25) is 0 Å². The minimum atomic E-state index is -0.739. The van der Waals surface area contributed by atoms with E-state index >= 15 is 0 Å². The first-order valence-corrected chi connectivity index (χ1v) is 10.0. The lowest BCUT2D eigenvalue weighted by atomic mass is 9.71. The number of Topliss-reactive ketones (excluding diaryl/α,β-unsaturated/α-hetero) is 1. The Kier molecular flexibility index (Phi) is 5.75. The van der Waals surface area contributed by atoms with Crippen LogP contribution in [0.15, 0.2) is 35.2 Å². The Bertz CT molecular complexity index is 663.